The molecule has 0 aromatic heterocycles. The Bertz CT molecular complexity index is 1050. The highest BCUT2D eigenvalue weighted by atomic mass is 32.2. The van der Waals surface area contributed by atoms with Crippen molar-refractivity contribution in [3.8, 4) is 11.5 Å². The predicted octanol–water partition coefficient (Wildman–Crippen LogP) is 3.29. The minimum Gasteiger partial charge on any atom is -0.486 e. The zero-order valence-corrected chi connectivity index (χ0v) is 18.6. The molecule has 2 heterocycles. The molecule has 2 aromatic carbocycles. The van der Waals surface area contributed by atoms with E-state index in [0.717, 1.165) is 24.8 Å². The predicted molar refractivity (Wildman–Crippen MR) is 117 cm³/mol. The van der Waals surface area contributed by atoms with E-state index in [1.165, 1.54) is 10.4 Å². The van der Waals surface area contributed by atoms with Crippen LogP contribution in [-0.2, 0) is 16.6 Å². The zero-order chi connectivity index (χ0) is 21.8. The Morgan fingerprint density at radius 1 is 1.00 bits per heavy atom. The number of hydrogen-bond donors (Lipinski definition) is 0. The van der Waals surface area contributed by atoms with Gasteiger partial charge in [-0.3, -0.25) is 4.79 Å². The first kappa shape index (κ1) is 21.6. The van der Waals surface area contributed by atoms with Crippen molar-refractivity contribution in [1.82, 2.24) is 9.21 Å². The Balaban J connectivity index is 1.63. The summed E-state index contributed by atoms with van der Waals surface area (Å²) in [6, 6.07) is 12.1. The summed E-state index contributed by atoms with van der Waals surface area (Å²) >= 11 is 0. The number of carbonyl (C=O) groups excluding carboxylic acids is 1. The quantitative estimate of drug-likeness (QED) is 0.683. The van der Waals surface area contributed by atoms with Gasteiger partial charge in [-0.05, 0) is 38.0 Å². The molecule has 0 unspecified atom stereocenters. The number of benzene rings is 2. The summed E-state index contributed by atoms with van der Waals surface area (Å²) in [6.07, 6.45) is 2.72. The normalized spacial score (nSPS) is 16.7. The van der Waals surface area contributed by atoms with Gasteiger partial charge in [-0.15, -0.1) is 0 Å². The van der Waals surface area contributed by atoms with Crippen LogP contribution in [0.3, 0.4) is 0 Å². The molecule has 2 aliphatic heterocycles. The van der Waals surface area contributed by atoms with Crippen molar-refractivity contribution in [2.45, 2.75) is 37.6 Å². The van der Waals surface area contributed by atoms with E-state index in [9.17, 15) is 13.2 Å². The molecule has 2 aliphatic rings. The molecule has 1 amide bonds. The summed E-state index contributed by atoms with van der Waals surface area (Å²) in [5.74, 6) is 1.00. The smallest absolute Gasteiger partial charge is 0.255 e. The van der Waals surface area contributed by atoms with Gasteiger partial charge < -0.3 is 14.4 Å². The lowest BCUT2D eigenvalue weighted by atomic mass is 10.1. The standard InChI is InChI=1S/C23H28N2O5S/c1-2-24(17-18-9-8-11-20-22(18)30-16-15-29-20)23(26)19-10-4-5-12-21(19)31(27,28)25-13-6-3-7-14-25/h4-5,8-12H,2-3,6-7,13-17H2,1H3. The maximum atomic E-state index is 13.5. The van der Waals surface area contributed by atoms with Crippen LogP contribution in [0.4, 0.5) is 0 Å². The van der Waals surface area contributed by atoms with Crippen LogP contribution in [-0.4, -0.2) is 56.4 Å². The van der Waals surface area contributed by atoms with Crippen molar-refractivity contribution in [2.24, 2.45) is 0 Å². The minimum atomic E-state index is -3.73. The highest BCUT2D eigenvalue weighted by molar-refractivity contribution is 7.89. The fraction of sp³-hybridized carbons (Fsp3) is 0.435. The molecular weight excluding hydrogens is 416 g/mol. The van der Waals surface area contributed by atoms with Crippen LogP contribution in [0.15, 0.2) is 47.4 Å². The number of amides is 1. The topological polar surface area (TPSA) is 76.1 Å². The Kier molecular flexibility index (Phi) is 6.48. The third-order valence-corrected chi connectivity index (χ3v) is 7.69. The van der Waals surface area contributed by atoms with Gasteiger partial charge in [-0.2, -0.15) is 4.31 Å². The van der Waals surface area contributed by atoms with Crippen molar-refractivity contribution in [1.29, 1.82) is 0 Å². The SMILES string of the molecule is CCN(Cc1cccc2c1OCCO2)C(=O)c1ccccc1S(=O)(=O)N1CCCCC1. The summed E-state index contributed by atoms with van der Waals surface area (Å²) in [4.78, 5) is 15.2. The Morgan fingerprint density at radius 3 is 2.52 bits per heavy atom. The van der Waals surface area contributed by atoms with E-state index in [1.54, 1.807) is 23.1 Å². The summed E-state index contributed by atoms with van der Waals surface area (Å²) in [5, 5.41) is 0. The van der Waals surface area contributed by atoms with Gasteiger partial charge in [0, 0.05) is 31.7 Å². The maximum Gasteiger partial charge on any atom is 0.255 e. The molecule has 166 valence electrons. The van der Waals surface area contributed by atoms with Gasteiger partial charge in [-0.25, -0.2) is 8.42 Å². The van der Waals surface area contributed by atoms with Crippen LogP contribution >= 0.6 is 0 Å². The number of para-hydroxylation sites is 1. The highest BCUT2D eigenvalue weighted by Crippen LogP contribution is 2.34. The van der Waals surface area contributed by atoms with Gasteiger partial charge in [0.05, 0.1) is 10.5 Å². The fourth-order valence-corrected chi connectivity index (χ4v) is 5.78. The van der Waals surface area contributed by atoms with Gasteiger partial charge in [-0.1, -0.05) is 30.7 Å². The Labute approximate surface area is 183 Å². The number of hydrogen-bond acceptors (Lipinski definition) is 5. The second-order valence-corrected chi connectivity index (χ2v) is 9.63. The largest absolute Gasteiger partial charge is 0.486 e. The molecule has 0 spiro atoms. The van der Waals surface area contributed by atoms with E-state index in [4.69, 9.17) is 9.47 Å². The number of rotatable bonds is 6. The van der Waals surface area contributed by atoms with Gasteiger partial charge in [0.25, 0.3) is 5.91 Å². The minimum absolute atomic E-state index is 0.0787. The second kappa shape index (κ2) is 9.28. The van der Waals surface area contributed by atoms with Crippen molar-refractivity contribution in [3.05, 3.63) is 53.6 Å². The van der Waals surface area contributed by atoms with Crippen LogP contribution < -0.4 is 9.47 Å². The number of ether oxygens (including phenoxy) is 2. The molecule has 8 heteroatoms. The monoisotopic (exact) mass is 444 g/mol. The van der Waals surface area contributed by atoms with Gasteiger partial charge in [0.2, 0.25) is 10.0 Å². The van der Waals surface area contributed by atoms with E-state index < -0.39 is 10.0 Å². The molecule has 1 saturated heterocycles. The lowest BCUT2D eigenvalue weighted by Crippen LogP contribution is -2.37. The molecule has 0 saturated carbocycles. The average Bonchev–Trinajstić information content (AvgIpc) is 2.82. The molecule has 1 fully saturated rings. The van der Waals surface area contributed by atoms with Crippen LogP contribution in [0.2, 0.25) is 0 Å². The van der Waals surface area contributed by atoms with Crippen molar-refractivity contribution in [3.63, 3.8) is 0 Å². The first-order valence-corrected chi connectivity index (χ1v) is 12.2. The molecule has 0 N–H and O–H groups in total. The van der Waals surface area contributed by atoms with Crippen molar-refractivity contribution < 1.29 is 22.7 Å². The van der Waals surface area contributed by atoms with Gasteiger partial charge in [0.15, 0.2) is 11.5 Å². The van der Waals surface area contributed by atoms with Crippen molar-refractivity contribution >= 4 is 15.9 Å². The highest BCUT2D eigenvalue weighted by Gasteiger charge is 2.31. The number of fused-ring (bicyclic) bond motifs is 1. The molecule has 31 heavy (non-hydrogen) atoms. The van der Waals surface area contributed by atoms with E-state index in [2.05, 4.69) is 0 Å². The number of carbonyl (C=O) groups is 1. The number of sulfonamides is 1. The molecular formula is C23H28N2O5S. The summed E-state index contributed by atoms with van der Waals surface area (Å²) in [5.41, 5.74) is 1.04. The Hall–Kier alpha value is -2.58. The molecule has 7 nitrogen and oxygen atoms in total. The van der Waals surface area contributed by atoms with Gasteiger partial charge >= 0.3 is 0 Å². The van der Waals surface area contributed by atoms with E-state index >= 15 is 0 Å². The third kappa shape index (κ3) is 4.41. The van der Waals surface area contributed by atoms with E-state index in [-0.39, 0.29) is 16.4 Å². The Morgan fingerprint density at radius 2 is 1.74 bits per heavy atom. The molecule has 0 radical (unpaired) electrons. The second-order valence-electron chi connectivity index (χ2n) is 7.72. The molecule has 2 aromatic rings. The lowest BCUT2D eigenvalue weighted by molar-refractivity contribution is 0.0745. The zero-order valence-electron chi connectivity index (χ0n) is 17.7. The van der Waals surface area contributed by atoms with Crippen LogP contribution in [0.5, 0.6) is 11.5 Å². The maximum absolute atomic E-state index is 13.5. The fourth-order valence-electron chi connectivity index (χ4n) is 4.07. The summed E-state index contributed by atoms with van der Waals surface area (Å²) in [7, 11) is -3.73. The first-order chi connectivity index (χ1) is 15.0. The molecule has 4 rings (SSSR count). The van der Waals surface area contributed by atoms with E-state index in [0.29, 0.717) is 50.9 Å². The number of nitrogens with zero attached hydrogens (tertiary/aromatic N) is 2. The number of piperidine rings is 1. The lowest BCUT2D eigenvalue weighted by Gasteiger charge is -2.28. The third-order valence-electron chi connectivity index (χ3n) is 5.73. The summed E-state index contributed by atoms with van der Waals surface area (Å²) < 4.78 is 39.5. The first-order valence-electron chi connectivity index (χ1n) is 10.8. The van der Waals surface area contributed by atoms with Gasteiger partial charge in [0.1, 0.15) is 13.2 Å². The molecule has 0 aliphatic carbocycles. The average molecular weight is 445 g/mol. The van der Waals surface area contributed by atoms with Crippen LogP contribution in [0.25, 0.3) is 0 Å². The molecule has 0 atom stereocenters. The summed E-state index contributed by atoms with van der Waals surface area (Å²) in [6.45, 7) is 4.56. The van der Waals surface area contributed by atoms with Crippen LogP contribution in [0.1, 0.15) is 42.1 Å². The van der Waals surface area contributed by atoms with E-state index in [1.807, 2.05) is 25.1 Å². The molecule has 0 bridgehead atoms. The van der Waals surface area contributed by atoms with Crippen molar-refractivity contribution in [2.75, 3.05) is 32.8 Å². The van der Waals surface area contributed by atoms with Crippen LogP contribution in [0, 0.1) is 0 Å².